The highest BCUT2D eigenvalue weighted by molar-refractivity contribution is 4.83. The maximum atomic E-state index is 10.6. The number of aliphatic hydroxyl groups is 1. The Bertz CT molecular complexity index is 179. The van der Waals surface area contributed by atoms with Gasteiger partial charge in [-0.25, -0.2) is 0 Å². The summed E-state index contributed by atoms with van der Waals surface area (Å²) in [5.74, 6) is 0.749. The Morgan fingerprint density at radius 1 is 1.12 bits per heavy atom. The maximum absolute atomic E-state index is 10.6. The zero-order valence-electron chi connectivity index (χ0n) is 11.3. The molecule has 0 atom stereocenters. The van der Waals surface area contributed by atoms with Gasteiger partial charge in [0.2, 0.25) is 0 Å². The fourth-order valence-electron chi connectivity index (χ4n) is 3.06. The highest BCUT2D eigenvalue weighted by Crippen LogP contribution is 2.32. The van der Waals surface area contributed by atoms with E-state index in [0.29, 0.717) is 0 Å². The van der Waals surface area contributed by atoms with Crippen molar-refractivity contribution in [3.05, 3.63) is 0 Å². The third kappa shape index (κ3) is 4.42. The third-order valence-electron chi connectivity index (χ3n) is 3.94. The molecular formula is C14H29NO. The average molecular weight is 227 g/mol. The molecule has 1 fully saturated rings. The molecule has 0 spiro atoms. The van der Waals surface area contributed by atoms with E-state index in [-0.39, 0.29) is 5.60 Å². The molecule has 0 amide bonds. The van der Waals surface area contributed by atoms with Crippen LogP contribution in [0.15, 0.2) is 0 Å². The number of likely N-dealkylation sites (tertiary alicyclic amines) is 1. The molecule has 0 aromatic carbocycles. The van der Waals surface area contributed by atoms with Crippen molar-refractivity contribution >= 4 is 0 Å². The summed E-state index contributed by atoms with van der Waals surface area (Å²) in [7, 11) is 2.19. The highest BCUT2D eigenvalue weighted by atomic mass is 16.3. The first-order valence-corrected chi connectivity index (χ1v) is 7.00. The van der Waals surface area contributed by atoms with Gasteiger partial charge in [-0.1, -0.05) is 26.7 Å². The minimum atomic E-state index is -0.371. The first kappa shape index (κ1) is 14.0. The van der Waals surface area contributed by atoms with Crippen molar-refractivity contribution in [1.82, 2.24) is 4.90 Å². The van der Waals surface area contributed by atoms with Crippen LogP contribution in [-0.2, 0) is 0 Å². The summed E-state index contributed by atoms with van der Waals surface area (Å²) in [6, 6.07) is 0. The summed E-state index contributed by atoms with van der Waals surface area (Å²) in [5, 5.41) is 10.6. The third-order valence-corrected chi connectivity index (χ3v) is 3.94. The van der Waals surface area contributed by atoms with Crippen molar-refractivity contribution in [2.45, 2.75) is 64.4 Å². The van der Waals surface area contributed by atoms with Crippen LogP contribution in [-0.4, -0.2) is 35.7 Å². The van der Waals surface area contributed by atoms with Crippen LogP contribution in [0.1, 0.15) is 58.8 Å². The lowest BCUT2D eigenvalue weighted by atomic mass is 9.80. The minimum absolute atomic E-state index is 0.371. The van der Waals surface area contributed by atoms with E-state index in [4.69, 9.17) is 0 Å². The van der Waals surface area contributed by atoms with Gasteiger partial charge in [-0.05, 0) is 58.2 Å². The van der Waals surface area contributed by atoms with Crippen molar-refractivity contribution in [3.8, 4) is 0 Å². The first-order chi connectivity index (χ1) is 7.59. The van der Waals surface area contributed by atoms with E-state index >= 15 is 0 Å². The number of piperidine rings is 1. The van der Waals surface area contributed by atoms with Gasteiger partial charge in [0.25, 0.3) is 0 Å². The molecule has 1 saturated heterocycles. The Morgan fingerprint density at radius 2 is 1.62 bits per heavy atom. The topological polar surface area (TPSA) is 23.5 Å². The summed E-state index contributed by atoms with van der Waals surface area (Å²) >= 11 is 0. The number of hydrogen-bond donors (Lipinski definition) is 1. The van der Waals surface area contributed by atoms with Crippen molar-refractivity contribution in [1.29, 1.82) is 0 Å². The second-order valence-electron chi connectivity index (χ2n) is 5.68. The molecule has 1 heterocycles. The van der Waals surface area contributed by atoms with Crippen molar-refractivity contribution < 1.29 is 5.11 Å². The van der Waals surface area contributed by atoms with Crippen LogP contribution in [0.3, 0.4) is 0 Å². The lowest BCUT2D eigenvalue weighted by Gasteiger charge is -2.36. The van der Waals surface area contributed by atoms with Gasteiger partial charge in [-0.2, -0.15) is 0 Å². The molecular weight excluding hydrogens is 198 g/mol. The van der Waals surface area contributed by atoms with Crippen LogP contribution < -0.4 is 0 Å². The van der Waals surface area contributed by atoms with Crippen LogP contribution in [0, 0.1) is 5.92 Å². The summed E-state index contributed by atoms with van der Waals surface area (Å²) in [6.45, 7) is 6.77. The average Bonchev–Trinajstić information content (AvgIpc) is 2.22. The molecule has 0 aromatic rings. The van der Waals surface area contributed by atoms with Gasteiger partial charge in [0, 0.05) is 0 Å². The molecule has 96 valence electrons. The molecule has 1 rings (SSSR count). The zero-order chi connectivity index (χ0) is 12.0. The quantitative estimate of drug-likeness (QED) is 0.754. The van der Waals surface area contributed by atoms with E-state index < -0.39 is 0 Å². The van der Waals surface area contributed by atoms with Crippen LogP contribution in [0.2, 0.25) is 0 Å². The van der Waals surface area contributed by atoms with Gasteiger partial charge in [0.15, 0.2) is 0 Å². The first-order valence-electron chi connectivity index (χ1n) is 7.00. The van der Waals surface area contributed by atoms with Crippen molar-refractivity contribution in [3.63, 3.8) is 0 Å². The fraction of sp³-hybridized carbons (Fsp3) is 1.00. The smallest absolute Gasteiger partial charge is 0.0650 e. The Hall–Kier alpha value is -0.0800. The summed E-state index contributed by atoms with van der Waals surface area (Å²) in [6.07, 6.45) is 7.73. The minimum Gasteiger partial charge on any atom is -0.390 e. The van der Waals surface area contributed by atoms with Crippen LogP contribution in [0.4, 0.5) is 0 Å². The second-order valence-corrected chi connectivity index (χ2v) is 5.68. The maximum Gasteiger partial charge on any atom is 0.0650 e. The normalized spacial score (nSPS) is 20.2. The largest absolute Gasteiger partial charge is 0.390 e. The molecule has 0 saturated carbocycles. The molecule has 1 aliphatic rings. The zero-order valence-corrected chi connectivity index (χ0v) is 11.3. The van der Waals surface area contributed by atoms with Gasteiger partial charge < -0.3 is 10.0 Å². The standard InChI is InChI=1S/C14H29NO/c1-4-8-14(16,9-5-2)12-13-6-10-15(3)11-7-13/h13,16H,4-12H2,1-3H3. The molecule has 2 heteroatoms. The molecule has 0 aromatic heterocycles. The molecule has 2 nitrogen and oxygen atoms in total. The van der Waals surface area contributed by atoms with Gasteiger partial charge in [-0.3, -0.25) is 0 Å². The molecule has 1 N–H and O–H groups in total. The van der Waals surface area contributed by atoms with E-state index in [1.54, 1.807) is 0 Å². The predicted molar refractivity (Wildman–Crippen MR) is 69.6 cm³/mol. The van der Waals surface area contributed by atoms with E-state index in [1.807, 2.05) is 0 Å². The number of rotatable bonds is 6. The Labute approximate surface area is 101 Å². The van der Waals surface area contributed by atoms with E-state index in [2.05, 4.69) is 25.8 Å². The van der Waals surface area contributed by atoms with E-state index in [0.717, 1.165) is 38.0 Å². The Balaban J connectivity index is 2.41. The van der Waals surface area contributed by atoms with E-state index in [9.17, 15) is 5.11 Å². The summed E-state index contributed by atoms with van der Waals surface area (Å²) in [5.41, 5.74) is -0.371. The second kappa shape index (κ2) is 6.61. The highest BCUT2D eigenvalue weighted by Gasteiger charge is 2.30. The monoisotopic (exact) mass is 227 g/mol. The van der Waals surface area contributed by atoms with Gasteiger partial charge >= 0.3 is 0 Å². The van der Waals surface area contributed by atoms with Crippen molar-refractivity contribution in [2.75, 3.05) is 20.1 Å². The molecule has 0 radical (unpaired) electrons. The van der Waals surface area contributed by atoms with Gasteiger partial charge in [0.05, 0.1) is 5.60 Å². The van der Waals surface area contributed by atoms with Crippen LogP contribution in [0.5, 0.6) is 0 Å². The molecule has 0 aliphatic carbocycles. The summed E-state index contributed by atoms with van der Waals surface area (Å²) < 4.78 is 0. The molecule has 1 aliphatic heterocycles. The Kier molecular flexibility index (Phi) is 5.77. The fourth-order valence-corrected chi connectivity index (χ4v) is 3.06. The number of hydrogen-bond acceptors (Lipinski definition) is 2. The van der Waals surface area contributed by atoms with Crippen LogP contribution in [0.25, 0.3) is 0 Å². The summed E-state index contributed by atoms with van der Waals surface area (Å²) in [4.78, 5) is 2.40. The Morgan fingerprint density at radius 3 is 2.06 bits per heavy atom. The van der Waals surface area contributed by atoms with Gasteiger partial charge in [0.1, 0.15) is 0 Å². The lowest BCUT2D eigenvalue weighted by Crippen LogP contribution is -2.36. The number of nitrogens with zero attached hydrogens (tertiary/aromatic N) is 1. The molecule has 16 heavy (non-hydrogen) atoms. The van der Waals surface area contributed by atoms with Gasteiger partial charge in [-0.15, -0.1) is 0 Å². The lowest BCUT2D eigenvalue weighted by molar-refractivity contribution is -0.0100. The van der Waals surface area contributed by atoms with Crippen molar-refractivity contribution in [2.24, 2.45) is 5.92 Å². The molecule has 0 bridgehead atoms. The SMILES string of the molecule is CCCC(O)(CCC)CC1CCN(C)CC1. The van der Waals surface area contributed by atoms with Crippen LogP contribution >= 0.6 is 0 Å². The predicted octanol–water partition coefficient (Wildman–Crippen LogP) is 3.05. The molecule has 0 unspecified atom stereocenters. The van der Waals surface area contributed by atoms with E-state index in [1.165, 1.54) is 25.9 Å².